The first-order valence-electron chi connectivity index (χ1n) is 8.88. The third kappa shape index (κ3) is 6.69. The fourth-order valence-corrected chi connectivity index (χ4v) is 2.86. The minimum absolute atomic E-state index is 0.116. The molecule has 1 rings (SSSR count). The minimum Gasteiger partial charge on any atom is -0.382 e. The number of rotatable bonds is 9. The smallest absolute Gasteiger partial charge is 0.311 e. The first-order valence-corrected chi connectivity index (χ1v) is 10.4. The maximum atomic E-state index is 12.6. The summed E-state index contributed by atoms with van der Waals surface area (Å²) in [6.07, 6.45) is 1.37. The lowest BCUT2D eigenvalue weighted by molar-refractivity contribution is -0.134. The summed E-state index contributed by atoms with van der Waals surface area (Å²) in [6.45, 7) is 11.7. The normalized spacial score (nSPS) is 13.1. The summed E-state index contributed by atoms with van der Waals surface area (Å²) in [4.78, 5) is 14.4. The molecule has 1 aromatic carbocycles. The Labute approximate surface area is 152 Å². The van der Waals surface area contributed by atoms with Crippen molar-refractivity contribution in [3.05, 3.63) is 29.8 Å². The van der Waals surface area contributed by atoms with E-state index in [9.17, 15) is 13.2 Å². The Morgan fingerprint density at radius 3 is 2.32 bits per heavy atom. The van der Waals surface area contributed by atoms with Gasteiger partial charge in [0.2, 0.25) is 5.91 Å². The maximum Gasteiger partial charge on any atom is 0.311 e. The Bertz CT molecular complexity index is 668. The highest BCUT2D eigenvalue weighted by Crippen LogP contribution is 2.20. The topological polar surface area (TPSA) is 63.7 Å². The van der Waals surface area contributed by atoms with E-state index in [1.807, 2.05) is 31.7 Å². The van der Waals surface area contributed by atoms with Crippen LogP contribution in [0, 0.1) is 5.92 Å². The molecule has 0 fully saturated rings. The molecule has 0 aromatic heterocycles. The van der Waals surface area contributed by atoms with Crippen molar-refractivity contribution in [1.82, 2.24) is 4.90 Å². The number of amides is 1. The van der Waals surface area contributed by atoms with E-state index in [0.29, 0.717) is 18.9 Å². The van der Waals surface area contributed by atoms with E-state index >= 15 is 0 Å². The summed E-state index contributed by atoms with van der Waals surface area (Å²) in [5.41, 5.74) is 0.855. The molecule has 0 aliphatic carbocycles. The molecule has 0 heterocycles. The zero-order valence-electron chi connectivity index (χ0n) is 16.2. The molecule has 1 amide bonds. The lowest BCUT2D eigenvalue weighted by Gasteiger charge is -2.29. The van der Waals surface area contributed by atoms with Crippen molar-refractivity contribution in [2.45, 2.75) is 72.2 Å². The summed E-state index contributed by atoms with van der Waals surface area (Å²) in [6, 6.07) is 7.07. The van der Waals surface area contributed by atoms with Gasteiger partial charge in [0, 0.05) is 19.0 Å². The molecule has 0 aliphatic heterocycles. The first-order chi connectivity index (χ1) is 11.6. The highest BCUT2D eigenvalue weighted by atomic mass is 32.2. The van der Waals surface area contributed by atoms with E-state index in [0.717, 1.165) is 12.0 Å². The van der Waals surface area contributed by atoms with Gasteiger partial charge in [-0.15, -0.1) is 0 Å². The fourth-order valence-electron chi connectivity index (χ4n) is 2.30. The Morgan fingerprint density at radius 2 is 1.80 bits per heavy atom. The zero-order chi connectivity index (χ0) is 19.2. The predicted octanol–water partition coefficient (Wildman–Crippen LogP) is 3.98. The van der Waals surface area contributed by atoms with Crippen LogP contribution in [0.3, 0.4) is 0 Å². The summed E-state index contributed by atoms with van der Waals surface area (Å²) in [5.74, 6) is 0.696. The number of carbonyl (C=O) groups excluding carboxylic acids is 1. The van der Waals surface area contributed by atoms with Crippen LogP contribution in [0.15, 0.2) is 24.3 Å². The van der Waals surface area contributed by atoms with Crippen molar-refractivity contribution in [2.75, 3.05) is 0 Å². The molecule has 1 aromatic rings. The number of hydrogen-bond donors (Lipinski definition) is 0. The zero-order valence-corrected chi connectivity index (χ0v) is 17.0. The van der Waals surface area contributed by atoms with Crippen LogP contribution >= 0.6 is 0 Å². The molecule has 0 saturated carbocycles. The summed E-state index contributed by atoms with van der Waals surface area (Å²) >= 11 is 0. The second-order valence-electron chi connectivity index (χ2n) is 7.15. The van der Waals surface area contributed by atoms with Gasteiger partial charge in [-0.3, -0.25) is 4.79 Å². The van der Waals surface area contributed by atoms with Crippen LogP contribution in [0.4, 0.5) is 0 Å². The van der Waals surface area contributed by atoms with Crippen molar-refractivity contribution in [2.24, 2.45) is 5.92 Å². The Kier molecular flexibility index (Phi) is 7.93. The number of nitrogens with zero attached hydrogens (tertiary/aromatic N) is 1. The van der Waals surface area contributed by atoms with Crippen LogP contribution in [-0.4, -0.2) is 30.5 Å². The van der Waals surface area contributed by atoms with Gasteiger partial charge in [0.05, 0.1) is 5.25 Å². The Morgan fingerprint density at radius 1 is 1.16 bits per heavy atom. The quantitative estimate of drug-likeness (QED) is 0.618. The molecule has 0 aliphatic rings. The van der Waals surface area contributed by atoms with E-state index in [-0.39, 0.29) is 17.7 Å². The largest absolute Gasteiger partial charge is 0.382 e. The predicted molar refractivity (Wildman–Crippen MR) is 101 cm³/mol. The third-order valence-electron chi connectivity index (χ3n) is 4.07. The molecule has 0 spiro atoms. The van der Waals surface area contributed by atoms with Gasteiger partial charge >= 0.3 is 10.1 Å². The lowest BCUT2D eigenvalue weighted by Crippen LogP contribution is -2.38. The molecule has 1 atom stereocenters. The van der Waals surface area contributed by atoms with Crippen molar-refractivity contribution in [1.29, 1.82) is 0 Å². The number of hydrogen-bond acceptors (Lipinski definition) is 4. The van der Waals surface area contributed by atoms with Gasteiger partial charge in [0.15, 0.2) is 0 Å². The van der Waals surface area contributed by atoms with Crippen LogP contribution in [0.25, 0.3) is 0 Å². The van der Waals surface area contributed by atoms with Crippen LogP contribution in [0.1, 0.15) is 59.9 Å². The molecular weight excluding hydrogens is 338 g/mol. The Balaban J connectivity index is 2.98. The first kappa shape index (κ1) is 21.5. The molecule has 0 radical (unpaired) electrons. The van der Waals surface area contributed by atoms with Crippen LogP contribution < -0.4 is 4.18 Å². The Hall–Kier alpha value is -1.56. The fraction of sp³-hybridized carbons (Fsp3) is 0.632. The number of carbonyl (C=O) groups is 1. The van der Waals surface area contributed by atoms with Crippen LogP contribution in [0.2, 0.25) is 0 Å². The average molecular weight is 370 g/mol. The van der Waals surface area contributed by atoms with Crippen molar-refractivity contribution < 1.29 is 17.4 Å². The molecule has 0 N–H and O–H groups in total. The van der Waals surface area contributed by atoms with Crippen molar-refractivity contribution in [3.8, 4) is 5.75 Å². The maximum absolute atomic E-state index is 12.6. The molecule has 25 heavy (non-hydrogen) atoms. The molecule has 6 heteroatoms. The summed E-state index contributed by atoms with van der Waals surface area (Å²) < 4.78 is 29.0. The highest BCUT2D eigenvalue weighted by Gasteiger charge is 2.21. The minimum atomic E-state index is -3.63. The van der Waals surface area contributed by atoms with Crippen molar-refractivity contribution in [3.63, 3.8) is 0 Å². The summed E-state index contributed by atoms with van der Waals surface area (Å²) in [7, 11) is -3.63. The highest BCUT2D eigenvalue weighted by molar-refractivity contribution is 7.87. The third-order valence-corrected chi connectivity index (χ3v) is 5.65. The van der Waals surface area contributed by atoms with E-state index in [1.165, 1.54) is 0 Å². The van der Waals surface area contributed by atoms with Crippen LogP contribution in [-0.2, 0) is 21.5 Å². The van der Waals surface area contributed by atoms with Gasteiger partial charge in [-0.1, -0.05) is 32.9 Å². The van der Waals surface area contributed by atoms with Crippen LogP contribution in [0.5, 0.6) is 5.75 Å². The molecular formula is C19H31NO4S. The monoisotopic (exact) mass is 369 g/mol. The molecule has 0 unspecified atom stereocenters. The van der Waals surface area contributed by atoms with E-state index in [2.05, 4.69) is 6.92 Å². The SMILES string of the molecule is CC[C@@H](C)N(Cc1cccc(OS(=O)(=O)C(C)C)c1)C(=O)CC(C)C. The van der Waals surface area contributed by atoms with E-state index in [4.69, 9.17) is 4.18 Å². The molecule has 5 nitrogen and oxygen atoms in total. The molecule has 142 valence electrons. The van der Waals surface area contributed by atoms with Gasteiger partial charge in [-0.25, -0.2) is 0 Å². The number of benzene rings is 1. The van der Waals surface area contributed by atoms with Gasteiger partial charge in [-0.2, -0.15) is 8.42 Å². The average Bonchev–Trinajstić information content (AvgIpc) is 2.50. The van der Waals surface area contributed by atoms with Gasteiger partial charge in [0.1, 0.15) is 5.75 Å². The molecule has 0 saturated heterocycles. The van der Waals surface area contributed by atoms with E-state index < -0.39 is 15.4 Å². The standard InChI is InChI=1S/C19H31NO4S/c1-7-16(6)20(19(21)11-14(2)3)13-17-9-8-10-18(12-17)24-25(22,23)15(4)5/h8-10,12,14-16H,7,11,13H2,1-6H3/t16-/m1/s1. The summed E-state index contributed by atoms with van der Waals surface area (Å²) in [5, 5.41) is -0.611. The van der Waals surface area contributed by atoms with E-state index in [1.54, 1.807) is 32.0 Å². The molecule has 0 bridgehead atoms. The second kappa shape index (κ2) is 9.22. The van der Waals surface area contributed by atoms with Crippen molar-refractivity contribution >= 4 is 16.0 Å². The lowest BCUT2D eigenvalue weighted by atomic mass is 10.1. The second-order valence-corrected chi connectivity index (χ2v) is 9.24. The van der Waals surface area contributed by atoms with Gasteiger partial charge in [-0.05, 0) is 50.8 Å². The van der Waals surface area contributed by atoms with Gasteiger partial charge < -0.3 is 9.08 Å². The van der Waals surface area contributed by atoms with Gasteiger partial charge in [0.25, 0.3) is 0 Å².